The van der Waals surface area contributed by atoms with Crippen molar-refractivity contribution in [2.24, 2.45) is 0 Å². The van der Waals surface area contributed by atoms with Crippen molar-refractivity contribution in [3.63, 3.8) is 0 Å². The lowest BCUT2D eigenvalue weighted by molar-refractivity contribution is 0.174. The number of sulfonamides is 1. The number of ether oxygens (including phenoxy) is 2. The summed E-state index contributed by atoms with van der Waals surface area (Å²) in [7, 11) is -3.61. The number of benzene rings is 2. The molecule has 8 heteroatoms. The lowest BCUT2D eigenvalue weighted by Gasteiger charge is -2.05. The van der Waals surface area contributed by atoms with Crippen LogP contribution < -0.4 is 14.2 Å². The van der Waals surface area contributed by atoms with Gasteiger partial charge in [0.1, 0.15) is 5.69 Å². The molecule has 0 amide bonds. The van der Waals surface area contributed by atoms with Crippen molar-refractivity contribution < 1.29 is 22.4 Å². The summed E-state index contributed by atoms with van der Waals surface area (Å²) in [6, 6.07) is 13.8. The van der Waals surface area contributed by atoms with E-state index in [1.165, 1.54) is 0 Å². The van der Waals surface area contributed by atoms with E-state index >= 15 is 0 Å². The van der Waals surface area contributed by atoms with E-state index in [2.05, 4.69) is 9.88 Å². The van der Waals surface area contributed by atoms with Gasteiger partial charge in [0.25, 0.3) is 0 Å². The average molecular weight is 372 g/mol. The van der Waals surface area contributed by atoms with Crippen LogP contribution in [-0.2, 0) is 16.6 Å². The molecule has 0 bridgehead atoms. The van der Waals surface area contributed by atoms with Gasteiger partial charge in [-0.05, 0) is 37.3 Å². The second-order valence-corrected chi connectivity index (χ2v) is 7.65. The van der Waals surface area contributed by atoms with E-state index in [9.17, 15) is 8.42 Å². The van der Waals surface area contributed by atoms with E-state index < -0.39 is 10.0 Å². The summed E-state index contributed by atoms with van der Waals surface area (Å²) < 4.78 is 43.0. The molecule has 0 radical (unpaired) electrons. The SMILES string of the molecule is Cc1ccc(S(=O)(=O)NCc2cc(-c3ccc4c(c3)OCO4)no2)cc1. The van der Waals surface area contributed by atoms with Crippen LogP contribution in [0.4, 0.5) is 0 Å². The monoisotopic (exact) mass is 372 g/mol. The number of nitrogens with one attached hydrogen (secondary N) is 1. The minimum atomic E-state index is -3.61. The van der Waals surface area contributed by atoms with Gasteiger partial charge in [-0.25, -0.2) is 13.1 Å². The number of nitrogens with zero attached hydrogens (tertiary/aromatic N) is 1. The van der Waals surface area contributed by atoms with Gasteiger partial charge in [0, 0.05) is 11.6 Å². The molecule has 0 spiro atoms. The molecule has 2 aromatic carbocycles. The van der Waals surface area contributed by atoms with Crippen LogP contribution >= 0.6 is 0 Å². The van der Waals surface area contributed by atoms with Gasteiger partial charge in [-0.15, -0.1) is 0 Å². The third-order valence-corrected chi connectivity index (χ3v) is 5.41. The van der Waals surface area contributed by atoms with Gasteiger partial charge in [0.2, 0.25) is 16.8 Å². The highest BCUT2D eigenvalue weighted by atomic mass is 32.2. The zero-order valence-electron chi connectivity index (χ0n) is 13.9. The maximum atomic E-state index is 12.3. The van der Waals surface area contributed by atoms with Crippen molar-refractivity contribution in [3.8, 4) is 22.8 Å². The fourth-order valence-corrected chi connectivity index (χ4v) is 3.55. The molecular weight excluding hydrogens is 356 g/mol. The van der Waals surface area contributed by atoms with Crippen LogP contribution in [0.2, 0.25) is 0 Å². The third-order valence-electron chi connectivity index (χ3n) is 3.99. The standard InChI is InChI=1S/C18H16N2O5S/c1-12-2-5-15(6-3-12)26(21,22)19-10-14-9-16(20-25-14)13-4-7-17-18(8-13)24-11-23-17/h2-9,19H,10-11H2,1H3. The van der Waals surface area contributed by atoms with Crippen LogP contribution in [0, 0.1) is 6.92 Å². The zero-order chi connectivity index (χ0) is 18.1. The van der Waals surface area contributed by atoms with Crippen LogP contribution in [0.5, 0.6) is 11.5 Å². The second kappa shape index (κ2) is 6.47. The number of fused-ring (bicyclic) bond motifs is 1. The van der Waals surface area contributed by atoms with Gasteiger partial charge in [-0.3, -0.25) is 0 Å². The first kappa shape index (κ1) is 16.6. The minimum Gasteiger partial charge on any atom is -0.454 e. The molecule has 26 heavy (non-hydrogen) atoms. The smallest absolute Gasteiger partial charge is 0.240 e. The topological polar surface area (TPSA) is 90.7 Å². The molecule has 0 fully saturated rings. The lowest BCUT2D eigenvalue weighted by Crippen LogP contribution is -2.22. The molecule has 3 aromatic rings. The second-order valence-electron chi connectivity index (χ2n) is 5.88. The van der Waals surface area contributed by atoms with Gasteiger partial charge >= 0.3 is 0 Å². The van der Waals surface area contributed by atoms with Crippen molar-refractivity contribution in [3.05, 3.63) is 59.9 Å². The Morgan fingerprint density at radius 1 is 1.04 bits per heavy atom. The Balaban J connectivity index is 1.48. The first-order chi connectivity index (χ1) is 12.5. The molecule has 7 nitrogen and oxygen atoms in total. The molecule has 0 aliphatic carbocycles. The summed E-state index contributed by atoms with van der Waals surface area (Å²) in [5.74, 6) is 1.74. The maximum absolute atomic E-state index is 12.3. The Kier molecular flexibility index (Phi) is 4.14. The predicted octanol–water partition coefficient (Wildman–Crippen LogP) is 2.86. The first-order valence-corrected chi connectivity index (χ1v) is 9.41. The van der Waals surface area contributed by atoms with Crippen molar-refractivity contribution in [2.75, 3.05) is 6.79 Å². The van der Waals surface area contributed by atoms with Crippen LogP contribution in [0.1, 0.15) is 11.3 Å². The third kappa shape index (κ3) is 3.29. The summed E-state index contributed by atoms with van der Waals surface area (Å²) in [6.07, 6.45) is 0. The van der Waals surface area contributed by atoms with Crippen molar-refractivity contribution >= 4 is 10.0 Å². The van der Waals surface area contributed by atoms with E-state index in [-0.39, 0.29) is 18.2 Å². The van der Waals surface area contributed by atoms with Crippen molar-refractivity contribution in [1.29, 1.82) is 0 Å². The van der Waals surface area contributed by atoms with Gasteiger partial charge in [0.05, 0.1) is 11.4 Å². The average Bonchev–Trinajstić information content (AvgIpc) is 3.29. The zero-order valence-corrected chi connectivity index (χ0v) is 14.7. The van der Waals surface area contributed by atoms with E-state index in [1.54, 1.807) is 42.5 Å². The molecule has 1 aromatic heterocycles. The summed E-state index contributed by atoms with van der Waals surface area (Å²) in [6.45, 7) is 2.10. The summed E-state index contributed by atoms with van der Waals surface area (Å²) in [4.78, 5) is 0.207. The molecule has 1 aliphatic heterocycles. The lowest BCUT2D eigenvalue weighted by atomic mass is 10.1. The summed E-state index contributed by atoms with van der Waals surface area (Å²) >= 11 is 0. The van der Waals surface area contributed by atoms with Gasteiger partial charge in [0.15, 0.2) is 17.3 Å². The van der Waals surface area contributed by atoms with Crippen molar-refractivity contribution in [2.45, 2.75) is 18.4 Å². The first-order valence-electron chi connectivity index (χ1n) is 7.93. The number of aromatic nitrogens is 1. The van der Waals surface area contributed by atoms with Crippen LogP contribution in [0.15, 0.2) is 57.9 Å². The van der Waals surface area contributed by atoms with Gasteiger partial charge in [-0.2, -0.15) is 0 Å². The molecular formula is C18H16N2O5S. The highest BCUT2D eigenvalue weighted by molar-refractivity contribution is 7.89. The number of hydrogen-bond acceptors (Lipinski definition) is 6. The molecule has 4 rings (SSSR count). The van der Waals surface area contributed by atoms with Crippen LogP contribution in [0.3, 0.4) is 0 Å². The molecule has 0 saturated carbocycles. The Labute approximate surface area is 150 Å². The molecule has 1 aliphatic rings. The van der Waals surface area contributed by atoms with Crippen LogP contribution in [-0.4, -0.2) is 20.4 Å². The Bertz CT molecular complexity index is 1040. The number of rotatable bonds is 5. The Morgan fingerprint density at radius 3 is 2.62 bits per heavy atom. The molecule has 2 heterocycles. The van der Waals surface area contributed by atoms with E-state index in [1.807, 2.05) is 13.0 Å². The van der Waals surface area contributed by atoms with E-state index in [0.29, 0.717) is 23.0 Å². The highest BCUT2D eigenvalue weighted by Crippen LogP contribution is 2.35. The molecule has 0 atom stereocenters. The fraction of sp³-hybridized carbons (Fsp3) is 0.167. The maximum Gasteiger partial charge on any atom is 0.240 e. The fourth-order valence-electron chi connectivity index (χ4n) is 2.56. The normalized spacial score (nSPS) is 13.1. The number of aryl methyl sites for hydroxylation is 1. The van der Waals surface area contributed by atoms with Gasteiger partial charge in [-0.1, -0.05) is 22.9 Å². The van der Waals surface area contributed by atoms with E-state index in [4.69, 9.17) is 14.0 Å². The number of hydrogen-bond donors (Lipinski definition) is 1. The Morgan fingerprint density at radius 2 is 1.81 bits per heavy atom. The highest BCUT2D eigenvalue weighted by Gasteiger charge is 2.17. The Hall–Kier alpha value is -2.84. The molecule has 0 unspecified atom stereocenters. The minimum absolute atomic E-state index is 0.00770. The van der Waals surface area contributed by atoms with Gasteiger partial charge < -0.3 is 14.0 Å². The quantitative estimate of drug-likeness (QED) is 0.741. The summed E-state index contributed by atoms with van der Waals surface area (Å²) in [5.41, 5.74) is 2.38. The predicted molar refractivity (Wildman–Crippen MR) is 93.3 cm³/mol. The largest absolute Gasteiger partial charge is 0.454 e. The van der Waals surface area contributed by atoms with E-state index in [0.717, 1.165) is 11.1 Å². The molecule has 0 saturated heterocycles. The summed E-state index contributed by atoms with van der Waals surface area (Å²) in [5, 5.41) is 3.99. The molecule has 134 valence electrons. The van der Waals surface area contributed by atoms with Crippen LogP contribution in [0.25, 0.3) is 11.3 Å². The molecule has 1 N–H and O–H groups in total. The van der Waals surface area contributed by atoms with Crippen molar-refractivity contribution in [1.82, 2.24) is 9.88 Å².